The molecule has 1 aliphatic heterocycles. The fourth-order valence-electron chi connectivity index (χ4n) is 6.04. The van der Waals surface area contributed by atoms with Crippen molar-refractivity contribution >= 4 is 33.4 Å². The lowest BCUT2D eigenvalue weighted by Crippen LogP contribution is -2.34. The maximum absolute atomic E-state index is 14.9. The van der Waals surface area contributed by atoms with Crippen molar-refractivity contribution in [1.82, 2.24) is 14.5 Å². The minimum absolute atomic E-state index is 0.0793. The van der Waals surface area contributed by atoms with Crippen molar-refractivity contribution in [3.05, 3.63) is 60.2 Å². The van der Waals surface area contributed by atoms with Crippen LogP contribution >= 0.6 is 0 Å². The standard InChI is InChI=1S/C27H30FN5O2/c1-26(2)34-23-20(33-11-9-17-22(33)18(28)14-31-25(17)30)13-27(3,24(23)35-26)10-8-15-4-6-19-16(12-15)5-7-21(29)32-19/h4-7,9,11-12,14,20,23-24H,8,10,13H2,1-3H3,(H2,29,32)(H2,30,31)/t20-,23+,24+,27+/m1/s1. The van der Waals surface area contributed by atoms with Crippen LogP contribution in [0.3, 0.4) is 0 Å². The van der Waals surface area contributed by atoms with E-state index in [0.29, 0.717) is 22.5 Å². The van der Waals surface area contributed by atoms with Crippen LogP contribution in [0.15, 0.2) is 48.8 Å². The zero-order chi connectivity index (χ0) is 24.5. The molecule has 35 heavy (non-hydrogen) atoms. The number of nitrogens with two attached hydrogens (primary N) is 2. The van der Waals surface area contributed by atoms with Crippen LogP contribution in [0.1, 0.15) is 45.2 Å². The highest BCUT2D eigenvalue weighted by molar-refractivity contribution is 5.89. The van der Waals surface area contributed by atoms with Crippen LogP contribution in [0, 0.1) is 11.2 Å². The lowest BCUT2D eigenvalue weighted by molar-refractivity contribution is -0.168. The number of hydrogen-bond donors (Lipinski definition) is 2. The second-order valence-corrected chi connectivity index (χ2v) is 10.7. The average Bonchev–Trinajstić information content (AvgIpc) is 3.47. The van der Waals surface area contributed by atoms with E-state index in [1.165, 1.54) is 11.8 Å². The van der Waals surface area contributed by atoms with Crippen molar-refractivity contribution in [2.45, 2.75) is 64.1 Å². The van der Waals surface area contributed by atoms with Gasteiger partial charge in [-0.15, -0.1) is 0 Å². The molecule has 0 unspecified atom stereocenters. The lowest BCUT2D eigenvalue weighted by Gasteiger charge is -2.32. The Labute approximate surface area is 203 Å². The topological polar surface area (TPSA) is 101 Å². The summed E-state index contributed by atoms with van der Waals surface area (Å²) in [5.41, 5.74) is 14.3. The number of rotatable bonds is 4. The lowest BCUT2D eigenvalue weighted by atomic mass is 9.80. The molecule has 1 aromatic carbocycles. The van der Waals surface area contributed by atoms with E-state index in [9.17, 15) is 4.39 Å². The van der Waals surface area contributed by atoms with Crippen LogP contribution in [0.25, 0.3) is 21.8 Å². The molecule has 1 saturated heterocycles. The van der Waals surface area contributed by atoms with Crippen LogP contribution in [0.5, 0.6) is 0 Å². The molecule has 2 fully saturated rings. The van der Waals surface area contributed by atoms with E-state index in [4.69, 9.17) is 20.9 Å². The van der Waals surface area contributed by atoms with E-state index in [-0.39, 0.29) is 29.5 Å². The number of nitrogen functional groups attached to an aromatic ring is 2. The van der Waals surface area contributed by atoms with Crippen LogP contribution in [-0.4, -0.2) is 32.5 Å². The van der Waals surface area contributed by atoms with Crippen LogP contribution in [0.4, 0.5) is 16.0 Å². The summed E-state index contributed by atoms with van der Waals surface area (Å²) in [5.74, 6) is -0.235. The molecule has 182 valence electrons. The number of nitrogens with zero attached hydrogens (tertiary/aromatic N) is 3. The van der Waals surface area contributed by atoms with Gasteiger partial charge in [0.25, 0.3) is 0 Å². The first-order chi connectivity index (χ1) is 16.6. The maximum atomic E-state index is 14.9. The third-order valence-electron chi connectivity index (χ3n) is 7.72. The van der Waals surface area contributed by atoms with Gasteiger partial charge in [-0.05, 0) is 74.4 Å². The summed E-state index contributed by atoms with van der Waals surface area (Å²) < 4.78 is 29.8. The third-order valence-corrected chi connectivity index (χ3v) is 7.72. The van der Waals surface area contributed by atoms with E-state index in [1.807, 2.05) is 48.9 Å². The van der Waals surface area contributed by atoms with E-state index in [2.05, 4.69) is 29.0 Å². The molecule has 8 heteroatoms. The van der Waals surface area contributed by atoms with Crippen molar-refractivity contribution < 1.29 is 13.9 Å². The Balaban J connectivity index is 1.32. The molecule has 1 saturated carbocycles. The van der Waals surface area contributed by atoms with Crippen LogP contribution in [-0.2, 0) is 15.9 Å². The normalized spacial score (nSPS) is 27.6. The van der Waals surface area contributed by atoms with Crippen LogP contribution < -0.4 is 11.5 Å². The first-order valence-corrected chi connectivity index (χ1v) is 12.0. The molecule has 0 radical (unpaired) electrons. The van der Waals surface area contributed by atoms with Gasteiger partial charge in [0.2, 0.25) is 0 Å². The Morgan fingerprint density at radius 2 is 1.94 bits per heavy atom. The average molecular weight is 476 g/mol. The summed E-state index contributed by atoms with van der Waals surface area (Å²) in [4.78, 5) is 8.37. The van der Waals surface area contributed by atoms with E-state index in [1.54, 1.807) is 0 Å². The van der Waals surface area contributed by atoms with Gasteiger partial charge in [0.1, 0.15) is 17.7 Å². The molecule has 4 N–H and O–H groups in total. The van der Waals surface area contributed by atoms with E-state index >= 15 is 0 Å². The highest BCUT2D eigenvalue weighted by Crippen LogP contribution is 2.55. The molecule has 0 bridgehead atoms. The van der Waals surface area contributed by atoms with Gasteiger partial charge in [-0.3, -0.25) is 0 Å². The Hall–Kier alpha value is -3.23. The third kappa shape index (κ3) is 3.63. The number of pyridine rings is 2. The molecule has 1 aliphatic carbocycles. The maximum Gasteiger partial charge on any atom is 0.165 e. The summed E-state index contributed by atoms with van der Waals surface area (Å²) >= 11 is 0. The molecular formula is C27H30FN5O2. The monoisotopic (exact) mass is 475 g/mol. The molecule has 3 aromatic heterocycles. The fraction of sp³-hybridized carbons (Fsp3) is 0.407. The van der Waals surface area contributed by atoms with Gasteiger partial charge in [-0.2, -0.15) is 0 Å². The van der Waals surface area contributed by atoms with Crippen molar-refractivity contribution in [3.8, 4) is 0 Å². The molecule has 0 amide bonds. The first-order valence-electron chi connectivity index (χ1n) is 12.0. The number of fused-ring (bicyclic) bond motifs is 3. The van der Waals surface area contributed by atoms with E-state index in [0.717, 1.165) is 30.2 Å². The Morgan fingerprint density at radius 3 is 2.77 bits per heavy atom. The zero-order valence-corrected chi connectivity index (χ0v) is 20.2. The van der Waals surface area contributed by atoms with Crippen molar-refractivity contribution in [3.63, 3.8) is 0 Å². The predicted molar refractivity (Wildman–Crippen MR) is 134 cm³/mol. The number of benzene rings is 1. The largest absolute Gasteiger partial charge is 0.384 e. The van der Waals surface area contributed by atoms with Gasteiger partial charge < -0.3 is 25.5 Å². The summed E-state index contributed by atoms with van der Waals surface area (Å²) in [6.07, 6.45) is 5.38. The van der Waals surface area contributed by atoms with Gasteiger partial charge in [0, 0.05) is 17.0 Å². The fourth-order valence-corrected chi connectivity index (χ4v) is 6.04. The Morgan fingerprint density at radius 1 is 1.11 bits per heavy atom. The highest BCUT2D eigenvalue weighted by Gasteiger charge is 2.59. The van der Waals surface area contributed by atoms with Gasteiger partial charge in [0.05, 0.1) is 29.4 Å². The number of aryl methyl sites for hydroxylation is 1. The summed E-state index contributed by atoms with van der Waals surface area (Å²) in [6, 6.07) is 11.9. The number of anilines is 2. The SMILES string of the molecule is CC1(C)O[C@H]2[C@H](n3ccc4c(N)ncc(F)c43)C[C@](C)(CCc3ccc4nc(N)ccc4c3)[C@H]2O1. The summed E-state index contributed by atoms with van der Waals surface area (Å²) in [5, 5.41) is 1.70. The summed E-state index contributed by atoms with van der Waals surface area (Å²) in [6.45, 7) is 6.15. The molecule has 4 heterocycles. The van der Waals surface area contributed by atoms with Crippen molar-refractivity contribution in [2.75, 3.05) is 11.5 Å². The van der Waals surface area contributed by atoms with Crippen molar-refractivity contribution in [1.29, 1.82) is 0 Å². The number of halogens is 1. The Bertz CT molecular complexity index is 1450. The summed E-state index contributed by atoms with van der Waals surface area (Å²) in [7, 11) is 0. The first kappa shape index (κ1) is 22.2. The number of aromatic nitrogens is 3. The van der Waals surface area contributed by atoms with Gasteiger partial charge in [-0.1, -0.05) is 13.0 Å². The van der Waals surface area contributed by atoms with Gasteiger partial charge in [0.15, 0.2) is 11.6 Å². The minimum atomic E-state index is -0.702. The second kappa shape index (κ2) is 7.63. The predicted octanol–water partition coefficient (Wildman–Crippen LogP) is 4.99. The van der Waals surface area contributed by atoms with E-state index < -0.39 is 5.79 Å². The van der Waals surface area contributed by atoms with Crippen LogP contribution in [0.2, 0.25) is 0 Å². The molecule has 2 aliphatic rings. The number of ether oxygens (including phenoxy) is 2. The molecule has 4 atom stereocenters. The van der Waals surface area contributed by atoms with Crippen molar-refractivity contribution in [2.24, 2.45) is 5.41 Å². The zero-order valence-electron chi connectivity index (χ0n) is 20.2. The van der Waals surface area contributed by atoms with Gasteiger partial charge >= 0.3 is 0 Å². The minimum Gasteiger partial charge on any atom is -0.384 e. The number of hydrogen-bond acceptors (Lipinski definition) is 6. The Kier molecular flexibility index (Phi) is 4.85. The second-order valence-electron chi connectivity index (χ2n) is 10.7. The van der Waals surface area contributed by atoms with Gasteiger partial charge in [-0.25, -0.2) is 14.4 Å². The molecule has 0 spiro atoms. The highest BCUT2D eigenvalue weighted by atomic mass is 19.1. The smallest absolute Gasteiger partial charge is 0.165 e. The molecular weight excluding hydrogens is 445 g/mol. The quantitative estimate of drug-likeness (QED) is 0.431. The molecule has 7 nitrogen and oxygen atoms in total. The molecule has 6 rings (SSSR count). The molecule has 4 aromatic rings.